The van der Waals surface area contributed by atoms with E-state index in [1.807, 2.05) is 0 Å². The van der Waals surface area contributed by atoms with Gasteiger partial charge in [0.05, 0.1) is 22.6 Å². The molecule has 0 saturated heterocycles. The lowest BCUT2D eigenvalue weighted by Crippen LogP contribution is -2.23. The van der Waals surface area contributed by atoms with Crippen LogP contribution >= 0.6 is 0 Å². The first kappa shape index (κ1) is 24.2. The van der Waals surface area contributed by atoms with E-state index in [-0.39, 0.29) is 33.3 Å². The molecule has 0 radical (unpaired) electrons. The molecule has 0 unspecified atom stereocenters. The van der Waals surface area contributed by atoms with E-state index in [2.05, 4.69) is 14.8 Å². The third-order valence-corrected chi connectivity index (χ3v) is 7.44. The second kappa shape index (κ2) is 10.0. The van der Waals surface area contributed by atoms with Crippen LogP contribution in [0, 0.1) is 0 Å². The van der Waals surface area contributed by atoms with Crippen molar-refractivity contribution < 1.29 is 26.4 Å². The number of carbonyl (C=O) groups is 1. The largest absolute Gasteiger partial charge is 0.495 e. The fraction of sp³-hybridized carbons (Fsp3) is 0.136. The van der Waals surface area contributed by atoms with Crippen LogP contribution in [-0.2, 0) is 20.0 Å². The summed E-state index contributed by atoms with van der Waals surface area (Å²) in [5.41, 5.74) is 0.750. The van der Waals surface area contributed by atoms with Crippen molar-refractivity contribution in [2.24, 2.45) is 0 Å². The Morgan fingerprint density at radius 3 is 2.21 bits per heavy atom. The molecule has 11 heteroatoms. The molecule has 3 rings (SSSR count). The van der Waals surface area contributed by atoms with E-state index in [1.54, 1.807) is 37.3 Å². The number of rotatable bonds is 9. The number of nitrogens with one attached hydrogen (secondary N) is 3. The van der Waals surface area contributed by atoms with Gasteiger partial charge in [-0.05, 0) is 54.6 Å². The van der Waals surface area contributed by atoms with Crippen molar-refractivity contribution in [3.63, 3.8) is 0 Å². The second-order valence-electron chi connectivity index (χ2n) is 6.81. The molecule has 33 heavy (non-hydrogen) atoms. The molecule has 0 bridgehead atoms. The Labute approximate surface area is 192 Å². The Bertz CT molecular complexity index is 1350. The summed E-state index contributed by atoms with van der Waals surface area (Å²) < 4.78 is 59.7. The van der Waals surface area contributed by atoms with Gasteiger partial charge in [-0.1, -0.05) is 25.1 Å². The van der Waals surface area contributed by atoms with E-state index >= 15 is 0 Å². The van der Waals surface area contributed by atoms with Crippen molar-refractivity contribution >= 4 is 37.3 Å². The molecule has 1 amide bonds. The third kappa shape index (κ3) is 5.89. The lowest BCUT2D eigenvalue weighted by molar-refractivity contribution is 0.102. The third-order valence-electron chi connectivity index (χ3n) is 4.51. The summed E-state index contributed by atoms with van der Waals surface area (Å²) in [6.45, 7) is 1.91. The van der Waals surface area contributed by atoms with Crippen molar-refractivity contribution in [3.8, 4) is 5.75 Å². The number of hydrogen-bond acceptors (Lipinski definition) is 6. The number of carbonyl (C=O) groups excluding carboxylic acids is 1. The van der Waals surface area contributed by atoms with Gasteiger partial charge in [0.15, 0.2) is 0 Å². The van der Waals surface area contributed by atoms with Crippen molar-refractivity contribution in [1.29, 1.82) is 0 Å². The van der Waals surface area contributed by atoms with Crippen LogP contribution < -0.4 is 19.5 Å². The van der Waals surface area contributed by atoms with Crippen LogP contribution in [0.1, 0.15) is 17.3 Å². The number of para-hydroxylation sites is 2. The highest BCUT2D eigenvalue weighted by molar-refractivity contribution is 7.92. The van der Waals surface area contributed by atoms with Gasteiger partial charge in [0, 0.05) is 17.8 Å². The molecule has 3 aromatic rings. The minimum Gasteiger partial charge on any atom is -0.495 e. The molecule has 0 spiro atoms. The van der Waals surface area contributed by atoms with Gasteiger partial charge in [0.25, 0.3) is 15.9 Å². The molecule has 0 aliphatic carbocycles. The summed E-state index contributed by atoms with van der Waals surface area (Å²) in [5, 5.41) is 2.62. The number of methoxy groups -OCH3 is 1. The SMILES string of the molecule is CCNS(=O)(=O)c1ccc(C(=O)Nc2cccc(S(=O)(=O)Nc3ccccc3OC)c2)cc1. The molecule has 3 N–H and O–H groups in total. The molecular weight excluding hydrogens is 466 g/mol. The molecule has 0 atom stereocenters. The Morgan fingerprint density at radius 1 is 0.848 bits per heavy atom. The summed E-state index contributed by atoms with van der Waals surface area (Å²) in [5.74, 6) is -0.153. The van der Waals surface area contributed by atoms with E-state index in [0.29, 0.717) is 5.75 Å². The fourth-order valence-corrected chi connectivity index (χ4v) is 5.09. The minimum atomic E-state index is -3.95. The molecule has 0 aliphatic heterocycles. The summed E-state index contributed by atoms with van der Waals surface area (Å²) in [6, 6.07) is 17.8. The van der Waals surface area contributed by atoms with E-state index in [1.165, 1.54) is 49.6 Å². The first-order chi connectivity index (χ1) is 15.7. The van der Waals surface area contributed by atoms with Crippen molar-refractivity contribution in [3.05, 3.63) is 78.4 Å². The standard InChI is InChI=1S/C22H23N3O6S2/c1-3-23-32(27,28)18-13-11-16(12-14-18)22(26)24-17-7-6-8-19(15-17)33(29,30)25-20-9-4-5-10-21(20)31-2/h4-15,23,25H,3H2,1-2H3,(H,24,26). The van der Waals surface area contributed by atoms with Gasteiger partial charge in [0.2, 0.25) is 10.0 Å². The van der Waals surface area contributed by atoms with Crippen LogP contribution in [0.5, 0.6) is 5.75 Å². The average Bonchev–Trinajstić information content (AvgIpc) is 2.79. The number of hydrogen-bond donors (Lipinski definition) is 3. The maximum atomic E-state index is 12.8. The molecule has 0 aromatic heterocycles. The van der Waals surface area contributed by atoms with Gasteiger partial charge < -0.3 is 10.1 Å². The summed E-state index contributed by atoms with van der Waals surface area (Å²) >= 11 is 0. The van der Waals surface area contributed by atoms with Gasteiger partial charge in [-0.2, -0.15) is 0 Å². The van der Waals surface area contributed by atoms with Gasteiger partial charge in [-0.15, -0.1) is 0 Å². The Balaban J connectivity index is 1.77. The fourth-order valence-electron chi connectivity index (χ4n) is 2.94. The topological polar surface area (TPSA) is 131 Å². The number of amides is 1. The van der Waals surface area contributed by atoms with Gasteiger partial charge in [-0.3, -0.25) is 9.52 Å². The monoisotopic (exact) mass is 489 g/mol. The number of ether oxygens (including phenoxy) is 1. The van der Waals surface area contributed by atoms with Gasteiger partial charge >= 0.3 is 0 Å². The van der Waals surface area contributed by atoms with Crippen LogP contribution in [0.2, 0.25) is 0 Å². The second-order valence-corrected chi connectivity index (χ2v) is 10.3. The lowest BCUT2D eigenvalue weighted by atomic mass is 10.2. The predicted octanol–water partition coefficient (Wildman–Crippen LogP) is 3.05. The normalized spacial score (nSPS) is 11.6. The zero-order valence-electron chi connectivity index (χ0n) is 17.9. The summed E-state index contributed by atoms with van der Waals surface area (Å²) in [7, 11) is -6.14. The van der Waals surface area contributed by atoms with E-state index < -0.39 is 26.0 Å². The van der Waals surface area contributed by atoms with Crippen LogP contribution in [0.3, 0.4) is 0 Å². The number of anilines is 2. The quantitative estimate of drug-likeness (QED) is 0.423. The first-order valence-electron chi connectivity index (χ1n) is 9.83. The lowest BCUT2D eigenvalue weighted by Gasteiger charge is -2.13. The van der Waals surface area contributed by atoms with Crippen LogP contribution in [0.15, 0.2) is 82.6 Å². The number of benzene rings is 3. The van der Waals surface area contributed by atoms with E-state index in [0.717, 1.165) is 0 Å². The maximum Gasteiger partial charge on any atom is 0.262 e. The van der Waals surface area contributed by atoms with Crippen LogP contribution in [0.25, 0.3) is 0 Å². The summed E-state index contributed by atoms with van der Waals surface area (Å²) in [4.78, 5) is 12.6. The summed E-state index contributed by atoms with van der Waals surface area (Å²) in [6.07, 6.45) is 0. The number of sulfonamides is 2. The highest BCUT2D eigenvalue weighted by Crippen LogP contribution is 2.27. The Hall–Kier alpha value is -3.41. The predicted molar refractivity (Wildman–Crippen MR) is 126 cm³/mol. The maximum absolute atomic E-state index is 12.8. The van der Waals surface area contributed by atoms with E-state index in [4.69, 9.17) is 4.74 Å². The molecule has 0 fully saturated rings. The van der Waals surface area contributed by atoms with Gasteiger partial charge in [0.1, 0.15) is 5.75 Å². The minimum absolute atomic E-state index is 0.0383. The molecule has 9 nitrogen and oxygen atoms in total. The van der Waals surface area contributed by atoms with Gasteiger partial charge in [-0.25, -0.2) is 21.6 Å². The Kier molecular flexibility index (Phi) is 7.36. The van der Waals surface area contributed by atoms with Crippen molar-refractivity contribution in [1.82, 2.24) is 4.72 Å². The molecule has 174 valence electrons. The smallest absolute Gasteiger partial charge is 0.262 e. The molecule has 0 aliphatic rings. The van der Waals surface area contributed by atoms with Crippen molar-refractivity contribution in [2.75, 3.05) is 23.7 Å². The molecule has 3 aromatic carbocycles. The Morgan fingerprint density at radius 2 is 1.55 bits per heavy atom. The zero-order chi connectivity index (χ0) is 24.1. The first-order valence-corrected chi connectivity index (χ1v) is 12.8. The molecule has 0 saturated carbocycles. The molecular formula is C22H23N3O6S2. The van der Waals surface area contributed by atoms with Crippen molar-refractivity contribution in [2.45, 2.75) is 16.7 Å². The van der Waals surface area contributed by atoms with Crippen LogP contribution in [-0.4, -0.2) is 36.4 Å². The highest BCUT2D eigenvalue weighted by Gasteiger charge is 2.18. The van der Waals surface area contributed by atoms with E-state index in [9.17, 15) is 21.6 Å². The zero-order valence-corrected chi connectivity index (χ0v) is 19.5. The highest BCUT2D eigenvalue weighted by atomic mass is 32.2. The van der Waals surface area contributed by atoms with Crippen LogP contribution in [0.4, 0.5) is 11.4 Å². The average molecular weight is 490 g/mol. The molecule has 0 heterocycles.